The molecule has 0 aliphatic rings. The van der Waals surface area contributed by atoms with Crippen molar-refractivity contribution >= 4 is 16.0 Å². The van der Waals surface area contributed by atoms with Crippen molar-refractivity contribution in [3.63, 3.8) is 0 Å². The molecule has 1 atom stereocenters. The number of halogens is 1. The number of nitrogens with one attached hydrogen (secondary N) is 1. The predicted molar refractivity (Wildman–Crippen MR) is 65.4 cm³/mol. The van der Waals surface area contributed by atoms with Crippen LogP contribution in [0.15, 0.2) is 23.4 Å². The SMILES string of the molecule is CC(C)(C)[C@@H](NS(=O)(=O)c1ncccc1F)C(=O)O. The van der Waals surface area contributed by atoms with Gasteiger partial charge in [0.05, 0.1) is 0 Å². The van der Waals surface area contributed by atoms with E-state index in [1.807, 2.05) is 4.72 Å². The lowest BCUT2D eigenvalue weighted by molar-refractivity contribution is -0.141. The van der Waals surface area contributed by atoms with Gasteiger partial charge in [-0.15, -0.1) is 0 Å². The smallest absolute Gasteiger partial charge is 0.322 e. The van der Waals surface area contributed by atoms with E-state index in [0.717, 1.165) is 12.3 Å². The molecular weight excluding hydrogens is 275 g/mol. The van der Waals surface area contributed by atoms with Crippen molar-refractivity contribution in [2.45, 2.75) is 31.8 Å². The van der Waals surface area contributed by atoms with Crippen LogP contribution < -0.4 is 4.72 Å². The van der Waals surface area contributed by atoms with Crippen molar-refractivity contribution in [1.29, 1.82) is 0 Å². The van der Waals surface area contributed by atoms with Gasteiger partial charge in [0.2, 0.25) is 5.03 Å². The lowest BCUT2D eigenvalue weighted by Crippen LogP contribution is -2.49. The molecule has 0 radical (unpaired) electrons. The summed E-state index contributed by atoms with van der Waals surface area (Å²) in [7, 11) is -4.34. The number of nitrogens with zero attached hydrogens (tertiary/aromatic N) is 1. The van der Waals surface area contributed by atoms with E-state index in [4.69, 9.17) is 5.11 Å². The minimum atomic E-state index is -4.34. The molecule has 1 aromatic heterocycles. The molecule has 1 heterocycles. The normalized spacial score (nSPS) is 14.1. The number of hydrogen-bond acceptors (Lipinski definition) is 4. The van der Waals surface area contributed by atoms with Crippen molar-refractivity contribution < 1.29 is 22.7 Å². The second-order valence-electron chi connectivity index (χ2n) is 5.05. The number of aliphatic carboxylic acids is 1. The van der Waals surface area contributed by atoms with Crippen molar-refractivity contribution in [1.82, 2.24) is 9.71 Å². The van der Waals surface area contributed by atoms with Gasteiger partial charge in [-0.2, -0.15) is 4.72 Å². The first-order chi connectivity index (χ1) is 8.55. The van der Waals surface area contributed by atoms with E-state index in [-0.39, 0.29) is 0 Å². The maximum atomic E-state index is 13.4. The van der Waals surface area contributed by atoms with Gasteiger partial charge in [0.15, 0.2) is 5.82 Å². The van der Waals surface area contributed by atoms with Crippen LogP contribution in [0.5, 0.6) is 0 Å². The van der Waals surface area contributed by atoms with Crippen molar-refractivity contribution in [3.05, 3.63) is 24.1 Å². The van der Waals surface area contributed by atoms with Crippen molar-refractivity contribution in [2.75, 3.05) is 0 Å². The summed E-state index contributed by atoms with van der Waals surface area (Å²) < 4.78 is 39.2. The summed E-state index contributed by atoms with van der Waals surface area (Å²) in [6.07, 6.45) is 1.12. The monoisotopic (exact) mass is 290 g/mol. The Balaban J connectivity index is 3.16. The number of hydrogen-bond donors (Lipinski definition) is 2. The molecule has 106 valence electrons. The average molecular weight is 290 g/mol. The first-order valence-corrected chi connectivity index (χ1v) is 6.89. The summed E-state index contributed by atoms with van der Waals surface area (Å²) in [5.74, 6) is -2.37. The topological polar surface area (TPSA) is 96.4 Å². The predicted octanol–water partition coefficient (Wildman–Crippen LogP) is 0.998. The summed E-state index contributed by atoms with van der Waals surface area (Å²) in [4.78, 5) is 14.5. The third-order valence-corrected chi connectivity index (χ3v) is 3.72. The van der Waals surface area contributed by atoms with E-state index in [0.29, 0.717) is 0 Å². The van der Waals surface area contributed by atoms with Gasteiger partial charge >= 0.3 is 5.97 Å². The molecule has 0 aromatic carbocycles. The minimum Gasteiger partial charge on any atom is -0.480 e. The number of carbonyl (C=O) groups is 1. The number of aromatic nitrogens is 1. The molecule has 19 heavy (non-hydrogen) atoms. The van der Waals surface area contributed by atoms with Gasteiger partial charge < -0.3 is 5.11 Å². The number of rotatable bonds is 4. The molecule has 6 nitrogen and oxygen atoms in total. The Bertz CT molecular complexity index is 581. The zero-order valence-corrected chi connectivity index (χ0v) is 11.5. The lowest BCUT2D eigenvalue weighted by Gasteiger charge is -2.27. The highest BCUT2D eigenvalue weighted by Gasteiger charge is 2.36. The number of sulfonamides is 1. The zero-order chi connectivity index (χ0) is 14.8. The summed E-state index contributed by atoms with van der Waals surface area (Å²) >= 11 is 0. The molecular formula is C11H15FN2O4S. The Hall–Kier alpha value is -1.54. The van der Waals surface area contributed by atoms with Gasteiger partial charge in [-0.1, -0.05) is 20.8 Å². The fraction of sp³-hybridized carbons (Fsp3) is 0.455. The molecule has 0 spiro atoms. The molecule has 8 heteroatoms. The van der Waals surface area contributed by atoms with Crippen molar-refractivity contribution in [2.24, 2.45) is 5.41 Å². The van der Waals surface area contributed by atoms with E-state index in [9.17, 15) is 17.6 Å². The fourth-order valence-electron chi connectivity index (χ4n) is 1.38. The van der Waals surface area contributed by atoms with Crippen LogP contribution in [0, 0.1) is 11.2 Å². The van der Waals surface area contributed by atoms with Crippen LogP contribution in [0.3, 0.4) is 0 Å². The standard InChI is InChI=1S/C11H15FN2O4S/c1-11(2,3)8(10(15)16)14-19(17,18)9-7(12)5-4-6-13-9/h4-6,8,14H,1-3H3,(H,15,16)/t8-/m0/s1. The lowest BCUT2D eigenvalue weighted by atomic mass is 9.88. The summed E-state index contributed by atoms with van der Waals surface area (Å²) in [5.41, 5.74) is -0.871. The summed E-state index contributed by atoms with van der Waals surface area (Å²) in [6.45, 7) is 4.68. The van der Waals surface area contributed by atoms with Gasteiger partial charge in [0.1, 0.15) is 6.04 Å². The van der Waals surface area contributed by atoms with Crippen LogP contribution in [-0.2, 0) is 14.8 Å². The summed E-state index contributed by atoms with van der Waals surface area (Å²) in [5, 5.41) is 8.23. The molecule has 0 fully saturated rings. The third-order valence-electron chi connectivity index (χ3n) is 2.37. The van der Waals surface area contributed by atoms with Crippen molar-refractivity contribution in [3.8, 4) is 0 Å². The first-order valence-electron chi connectivity index (χ1n) is 5.41. The fourth-order valence-corrected chi connectivity index (χ4v) is 2.78. The van der Waals surface area contributed by atoms with Crippen LogP contribution in [-0.4, -0.2) is 30.5 Å². The molecule has 2 N–H and O–H groups in total. The Morgan fingerprint density at radius 1 is 1.47 bits per heavy atom. The number of carboxylic acid groups (broad SMARTS) is 1. The molecule has 0 aliphatic carbocycles. The van der Waals surface area contributed by atoms with E-state index in [1.165, 1.54) is 6.07 Å². The molecule has 0 unspecified atom stereocenters. The van der Waals surface area contributed by atoms with Crippen LogP contribution in [0.25, 0.3) is 0 Å². The maximum absolute atomic E-state index is 13.4. The molecule has 0 bridgehead atoms. The van der Waals surface area contributed by atoms with E-state index in [1.54, 1.807) is 20.8 Å². The van der Waals surface area contributed by atoms with Gasteiger partial charge in [0, 0.05) is 6.20 Å². The Labute approximate surface area is 110 Å². The van der Waals surface area contributed by atoms with Crippen LogP contribution >= 0.6 is 0 Å². The molecule has 0 aliphatic heterocycles. The average Bonchev–Trinajstić information content (AvgIpc) is 2.24. The molecule has 0 saturated heterocycles. The number of pyridine rings is 1. The molecule has 1 aromatic rings. The summed E-state index contributed by atoms with van der Waals surface area (Å²) in [6, 6.07) is 0.792. The van der Waals surface area contributed by atoms with E-state index < -0.39 is 38.3 Å². The Morgan fingerprint density at radius 2 is 2.05 bits per heavy atom. The zero-order valence-electron chi connectivity index (χ0n) is 10.7. The van der Waals surface area contributed by atoms with Crippen LogP contribution in [0.4, 0.5) is 4.39 Å². The highest BCUT2D eigenvalue weighted by atomic mass is 32.2. The van der Waals surface area contributed by atoms with E-state index >= 15 is 0 Å². The van der Waals surface area contributed by atoms with Gasteiger partial charge in [-0.3, -0.25) is 4.79 Å². The van der Waals surface area contributed by atoms with Gasteiger partial charge in [0.25, 0.3) is 10.0 Å². The van der Waals surface area contributed by atoms with Gasteiger partial charge in [-0.25, -0.2) is 17.8 Å². The van der Waals surface area contributed by atoms with Gasteiger partial charge in [-0.05, 0) is 17.5 Å². The quantitative estimate of drug-likeness (QED) is 0.862. The Kier molecular flexibility index (Phi) is 4.26. The van der Waals surface area contributed by atoms with Crippen LogP contribution in [0.2, 0.25) is 0 Å². The Morgan fingerprint density at radius 3 is 2.47 bits per heavy atom. The largest absolute Gasteiger partial charge is 0.480 e. The number of carboxylic acids is 1. The molecule has 0 amide bonds. The second-order valence-corrected chi connectivity index (χ2v) is 6.68. The van der Waals surface area contributed by atoms with Crippen LogP contribution in [0.1, 0.15) is 20.8 Å². The molecule has 1 rings (SSSR count). The third kappa shape index (κ3) is 3.71. The minimum absolute atomic E-state index is 0.814. The first kappa shape index (κ1) is 15.5. The van der Waals surface area contributed by atoms with E-state index in [2.05, 4.69) is 4.98 Å². The highest BCUT2D eigenvalue weighted by Crippen LogP contribution is 2.22. The maximum Gasteiger partial charge on any atom is 0.322 e. The molecule has 0 saturated carbocycles. The second kappa shape index (κ2) is 5.22. The highest BCUT2D eigenvalue weighted by molar-refractivity contribution is 7.89.